The first kappa shape index (κ1) is 17.2. The minimum Gasteiger partial charge on any atom is -0.465 e. The molecule has 3 rings (SSSR count). The summed E-state index contributed by atoms with van der Waals surface area (Å²) in [6, 6.07) is 2.90. The molecular weight excluding hydrogens is 433 g/mol. The standard InChI is InChI=1S/C14H16IN3O6/c15-9-7-12(18(21)22)10(16-13(19)20)8-11(9)17-3-1-14(2-4-17)23-5-6-24-14/h7-8,16H,1-6H2,(H,19,20). The van der Waals surface area contributed by atoms with Crippen molar-refractivity contribution in [2.75, 3.05) is 36.5 Å². The summed E-state index contributed by atoms with van der Waals surface area (Å²) in [5.41, 5.74) is 0.468. The predicted octanol–water partition coefficient (Wildman–Crippen LogP) is 2.63. The number of piperidine rings is 1. The summed E-state index contributed by atoms with van der Waals surface area (Å²) in [5, 5.41) is 22.1. The van der Waals surface area contributed by atoms with Crippen LogP contribution >= 0.6 is 22.6 Å². The Bertz CT molecular complexity index is 667. The second kappa shape index (κ2) is 6.69. The smallest absolute Gasteiger partial charge is 0.409 e. The zero-order valence-electron chi connectivity index (χ0n) is 12.7. The highest BCUT2D eigenvalue weighted by Gasteiger charge is 2.40. The monoisotopic (exact) mass is 449 g/mol. The SMILES string of the molecule is O=C(O)Nc1cc(N2CCC3(CC2)OCCO3)c(I)cc1[N+](=O)[O-]. The highest BCUT2D eigenvalue weighted by atomic mass is 127. The molecule has 0 atom stereocenters. The summed E-state index contributed by atoms with van der Waals surface area (Å²) in [5.74, 6) is -0.509. The first-order chi connectivity index (χ1) is 11.4. The van der Waals surface area contributed by atoms with Gasteiger partial charge in [0.15, 0.2) is 5.79 Å². The van der Waals surface area contributed by atoms with Gasteiger partial charge in [-0.15, -0.1) is 0 Å². The van der Waals surface area contributed by atoms with Crippen molar-refractivity contribution in [2.24, 2.45) is 0 Å². The molecule has 1 aromatic carbocycles. The lowest BCUT2D eigenvalue weighted by Gasteiger charge is -2.39. The Labute approximate surface area is 151 Å². The zero-order chi connectivity index (χ0) is 17.3. The fourth-order valence-electron chi connectivity index (χ4n) is 3.03. The zero-order valence-corrected chi connectivity index (χ0v) is 14.8. The number of nitrogens with zero attached hydrogens (tertiary/aromatic N) is 2. The van der Waals surface area contributed by atoms with Crippen LogP contribution in [0.1, 0.15) is 12.8 Å². The van der Waals surface area contributed by atoms with E-state index >= 15 is 0 Å². The van der Waals surface area contributed by atoms with Gasteiger partial charge in [0.25, 0.3) is 5.69 Å². The number of hydrogen-bond donors (Lipinski definition) is 2. The van der Waals surface area contributed by atoms with Crippen molar-refractivity contribution in [1.82, 2.24) is 0 Å². The molecule has 130 valence electrons. The fourth-order valence-corrected chi connectivity index (χ4v) is 3.83. The summed E-state index contributed by atoms with van der Waals surface area (Å²) in [6.45, 7) is 2.53. The Hall–Kier alpha value is -1.66. The van der Waals surface area contributed by atoms with Gasteiger partial charge in [0.1, 0.15) is 5.69 Å². The molecule has 9 nitrogen and oxygen atoms in total. The van der Waals surface area contributed by atoms with Crippen LogP contribution < -0.4 is 10.2 Å². The van der Waals surface area contributed by atoms with Gasteiger partial charge in [-0.05, 0) is 28.7 Å². The van der Waals surface area contributed by atoms with Crippen LogP contribution in [-0.4, -0.2) is 48.2 Å². The molecule has 0 bridgehead atoms. The van der Waals surface area contributed by atoms with Crippen molar-refractivity contribution >= 4 is 45.7 Å². The maximum Gasteiger partial charge on any atom is 0.409 e. The van der Waals surface area contributed by atoms with E-state index in [4.69, 9.17) is 14.6 Å². The summed E-state index contributed by atoms with van der Waals surface area (Å²) in [7, 11) is 0. The quantitative estimate of drug-likeness (QED) is 0.414. The van der Waals surface area contributed by atoms with Crippen molar-refractivity contribution in [1.29, 1.82) is 0 Å². The molecule has 1 aromatic rings. The van der Waals surface area contributed by atoms with Gasteiger partial charge in [-0.2, -0.15) is 0 Å². The second-order valence-electron chi connectivity index (χ2n) is 5.60. The highest BCUT2D eigenvalue weighted by molar-refractivity contribution is 14.1. The molecule has 0 aliphatic carbocycles. The van der Waals surface area contributed by atoms with Gasteiger partial charge in [-0.3, -0.25) is 15.4 Å². The predicted molar refractivity (Wildman–Crippen MR) is 93.5 cm³/mol. The largest absolute Gasteiger partial charge is 0.465 e. The molecule has 0 radical (unpaired) electrons. The molecule has 2 aliphatic rings. The van der Waals surface area contributed by atoms with E-state index in [9.17, 15) is 14.9 Å². The van der Waals surface area contributed by atoms with Crippen LogP contribution in [-0.2, 0) is 9.47 Å². The molecule has 1 amide bonds. The summed E-state index contributed by atoms with van der Waals surface area (Å²) in [4.78, 5) is 23.5. The fraction of sp³-hybridized carbons (Fsp3) is 0.500. The van der Waals surface area contributed by atoms with Gasteiger partial charge in [0, 0.05) is 35.6 Å². The van der Waals surface area contributed by atoms with Crippen LogP contribution in [0.25, 0.3) is 0 Å². The van der Waals surface area contributed by atoms with Gasteiger partial charge in [0.05, 0.1) is 23.8 Å². The van der Waals surface area contributed by atoms with Gasteiger partial charge < -0.3 is 19.5 Å². The summed E-state index contributed by atoms with van der Waals surface area (Å²) in [6.07, 6.45) is 0.0550. The number of halogens is 1. The van der Waals surface area contributed by atoms with Crippen molar-refractivity contribution in [3.8, 4) is 0 Å². The molecule has 0 saturated carbocycles. The Morgan fingerprint density at radius 1 is 1.33 bits per heavy atom. The van der Waals surface area contributed by atoms with Crippen LogP contribution in [0.2, 0.25) is 0 Å². The van der Waals surface area contributed by atoms with Crippen molar-refractivity contribution in [3.05, 3.63) is 25.8 Å². The minimum atomic E-state index is -1.34. The first-order valence-electron chi connectivity index (χ1n) is 7.41. The Morgan fingerprint density at radius 3 is 2.50 bits per heavy atom. The van der Waals surface area contributed by atoms with Crippen molar-refractivity contribution in [2.45, 2.75) is 18.6 Å². The second-order valence-corrected chi connectivity index (χ2v) is 6.76. The van der Waals surface area contributed by atoms with Crippen LogP contribution in [0.5, 0.6) is 0 Å². The third kappa shape index (κ3) is 3.39. The summed E-state index contributed by atoms with van der Waals surface area (Å²) >= 11 is 2.03. The number of hydrogen-bond acceptors (Lipinski definition) is 6. The van der Waals surface area contributed by atoms with E-state index in [0.29, 0.717) is 42.7 Å². The van der Waals surface area contributed by atoms with Crippen LogP contribution in [0.3, 0.4) is 0 Å². The number of rotatable bonds is 3. The maximum atomic E-state index is 11.1. The third-order valence-electron chi connectivity index (χ3n) is 4.18. The average molecular weight is 449 g/mol. The molecule has 2 saturated heterocycles. The van der Waals surface area contributed by atoms with Crippen molar-refractivity contribution < 1.29 is 24.3 Å². The van der Waals surface area contributed by atoms with E-state index < -0.39 is 16.8 Å². The third-order valence-corrected chi connectivity index (χ3v) is 5.05. The molecule has 0 aromatic heterocycles. The van der Waals surface area contributed by atoms with E-state index in [0.717, 1.165) is 5.69 Å². The number of carbonyl (C=O) groups is 1. The minimum absolute atomic E-state index is 0.0310. The molecular formula is C14H16IN3O6. The van der Waals surface area contributed by atoms with E-state index in [1.54, 1.807) is 0 Å². The van der Waals surface area contributed by atoms with E-state index in [1.807, 2.05) is 22.6 Å². The molecule has 2 fully saturated rings. The molecule has 2 N–H and O–H groups in total. The molecule has 10 heteroatoms. The average Bonchev–Trinajstić information content (AvgIpc) is 2.97. The first-order valence-corrected chi connectivity index (χ1v) is 8.49. The number of carboxylic acid groups (broad SMARTS) is 1. The molecule has 2 heterocycles. The highest BCUT2D eigenvalue weighted by Crippen LogP contribution is 2.38. The van der Waals surface area contributed by atoms with E-state index in [-0.39, 0.29) is 11.4 Å². The normalized spacial score (nSPS) is 19.5. The maximum absolute atomic E-state index is 11.1. The topological polar surface area (TPSA) is 114 Å². The van der Waals surface area contributed by atoms with Gasteiger partial charge in [0.2, 0.25) is 0 Å². The lowest BCUT2D eigenvalue weighted by atomic mass is 10.0. The van der Waals surface area contributed by atoms with Gasteiger partial charge in [-0.1, -0.05) is 0 Å². The molecule has 24 heavy (non-hydrogen) atoms. The number of anilines is 2. The molecule has 0 unspecified atom stereocenters. The van der Waals surface area contributed by atoms with Crippen LogP contribution in [0.4, 0.5) is 21.9 Å². The number of benzene rings is 1. The van der Waals surface area contributed by atoms with Gasteiger partial charge >= 0.3 is 6.09 Å². The number of nitro groups is 1. The number of ether oxygens (including phenoxy) is 2. The molecule has 1 spiro atoms. The van der Waals surface area contributed by atoms with E-state index in [2.05, 4.69) is 10.2 Å². The number of nitro benzene ring substituents is 1. The Balaban J connectivity index is 1.85. The Morgan fingerprint density at radius 2 is 1.96 bits per heavy atom. The number of amides is 1. The van der Waals surface area contributed by atoms with Crippen LogP contribution in [0, 0.1) is 13.7 Å². The lowest BCUT2D eigenvalue weighted by molar-refractivity contribution is -0.384. The van der Waals surface area contributed by atoms with Gasteiger partial charge in [-0.25, -0.2) is 4.79 Å². The number of nitrogens with one attached hydrogen (secondary N) is 1. The summed E-state index contributed by atoms with van der Waals surface area (Å²) < 4.78 is 12.1. The lowest BCUT2D eigenvalue weighted by Crippen LogP contribution is -2.45. The Kier molecular flexibility index (Phi) is 4.78. The van der Waals surface area contributed by atoms with Crippen molar-refractivity contribution in [3.63, 3.8) is 0 Å². The molecule has 2 aliphatic heterocycles. The van der Waals surface area contributed by atoms with E-state index in [1.165, 1.54) is 12.1 Å². The van der Waals surface area contributed by atoms with Crippen LogP contribution in [0.15, 0.2) is 12.1 Å².